The maximum absolute atomic E-state index is 8.31. The van der Waals surface area contributed by atoms with E-state index in [2.05, 4.69) is 92.7 Å². The number of pyridine rings is 1. The van der Waals surface area contributed by atoms with Crippen LogP contribution in [0.4, 0.5) is 0 Å². The van der Waals surface area contributed by atoms with Crippen LogP contribution in [-0.4, -0.2) is 19.3 Å². The van der Waals surface area contributed by atoms with Gasteiger partial charge >= 0.3 is 21.1 Å². The van der Waals surface area contributed by atoms with Crippen LogP contribution in [0.1, 0.15) is 71.2 Å². The zero-order chi connectivity index (χ0) is 34.3. The van der Waals surface area contributed by atoms with E-state index in [0.717, 1.165) is 56.4 Å². The third kappa shape index (κ3) is 7.14. The van der Waals surface area contributed by atoms with Gasteiger partial charge in [0.2, 0.25) is 0 Å². The molecule has 0 aliphatic rings. The third-order valence-corrected chi connectivity index (χ3v) is 9.18. The minimum absolute atomic E-state index is 0. The molecular weight excluding hydrogens is 784 g/mol. The molecule has 0 bridgehead atoms. The molecule has 0 fully saturated rings. The van der Waals surface area contributed by atoms with Gasteiger partial charge in [0.1, 0.15) is 5.82 Å². The van der Waals surface area contributed by atoms with Crippen LogP contribution in [0.15, 0.2) is 103 Å². The fourth-order valence-corrected chi connectivity index (χ4v) is 6.73. The first-order valence-electron chi connectivity index (χ1n) is 17.3. The molecule has 6 heteroatoms. The van der Waals surface area contributed by atoms with Crippen molar-refractivity contribution < 1.29 is 27.2 Å². The molecule has 0 spiro atoms. The molecule has 0 saturated carbocycles. The van der Waals surface area contributed by atoms with Gasteiger partial charge in [-0.1, -0.05) is 88.1 Å². The molecule has 0 amide bonds. The quantitative estimate of drug-likeness (QED) is 0.136. The van der Waals surface area contributed by atoms with Gasteiger partial charge < -0.3 is 9.30 Å². The molecule has 1 atom stereocenters. The second-order valence-electron chi connectivity index (χ2n) is 14.0. The van der Waals surface area contributed by atoms with Crippen molar-refractivity contribution >= 4 is 21.8 Å². The zero-order valence-electron chi connectivity index (χ0n) is 29.9. The number of rotatable bonds is 9. The van der Waals surface area contributed by atoms with Crippen LogP contribution in [-0.2, 0) is 21.1 Å². The Morgan fingerprint density at radius 2 is 1.67 bits per heavy atom. The first kappa shape index (κ1) is 33.0. The summed E-state index contributed by atoms with van der Waals surface area (Å²) in [7, 11) is 0. The molecule has 250 valence electrons. The summed E-state index contributed by atoms with van der Waals surface area (Å²) < 4.78 is 18.8. The van der Waals surface area contributed by atoms with Gasteiger partial charge in [0.05, 0.1) is 7.06 Å². The Morgan fingerprint density at radius 1 is 0.878 bits per heavy atom. The maximum atomic E-state index is 8.31. The fourth-order valence-electron chi connectivity index (χ4n) is 6.73. The Kier molecular flexibility index (Phi) is 9.56. The standard InChI is InChI=1S/C43H42N4O.Pt/c1-29(14-13-24-43(4,5)6)33-20-23-39-38(26-33)37-22-21-36(28-40(37)46(39)41-19-10-11-25-44-41)48-35-18-12-17-34(27-35)47-31(3)42(30(2)45-47)32-15-8-7-9-16-32;/h7-12,15-23,25-26,29H,13-14,24H2,1-6H3;/q-2;+2/i10D;. The maximum Gasteiger partial charge on any atom is 2.00 e. The topological polar surface area (TPSA) is 44.9 Å². The molecule has 4 aromatic carbocycles. The first-order valence-corrected chi connectivity index (χ1v) is 16.8. The van der Waals surface area contributed by atoms with Crippen LogP contribution in [0.2, 0.25) is 0 Å². The third-order valence-electron chi connectivity index (χ3n) is 9.18. The van der Waals surface area contributed by atoms with Gasteiger partial charge in [-0.15, -0.1) is 35.7 Å². The van der Waals surface area contributed by atoms with Crippen molar-refractivity contribution in [3.05, 3.63) is 132 Å². The minimum Gasteiger partial charge on any atom is -0.509 e. The van der Waals surface area contributed by atoms with E-state index >= 15 is 0 Å². The monoisotopic (exact) mass is 826 g/mol. The fraction of sp³-hybridized carbons (Fsp3) is 0.256. The van der Waals surface area contributed by atoms with Crippen molar-refractivity contribution in [3.63, 3.8) is 0 Å². The zero-order valence-corrected chi connectivity index (χ0v) is 31.2. The van der Waals surface area contributed by atoms with Gasteiger partial charge in [-0.3, -0.25) is 4.68 Å². The van der Waals surface area contributed by atoms with E-state index < -0.39 is 0 Å². The van der Waals surface area contributed by atoms with Gasteiger partial charge in [0.15, 0.2) is 0 Å². The number of aromatic nitrogens is 4. The summed E-state index contributed by atoms with van der Waals surface area (Å²) in [4.78, 5) is 4.67. The Labute approximate surface area is 305 Å². The molecule has 0 N–H and O–H groups in total. The smallest absolute Gasteiger partial charge is 0.509 e. The predicted molar refractivity (Wildman–Crippen MR) is 197 cm³/mol. The molecule has 0 saturated heterocycles. The molecule has 1 unspecified atom stereocenters. The van der Waals surface area contributed by atoms with Gasteiger partial charge in [0, 0.05) is 34.5 Å². The largest absolute Gasteiger partial charge is 2.00 e. The Bertz CT molecular complexity index is 2280. The van der Waals surface area contributed by atoms with Crippen LogP contribution in [0.3, 0.4) is 0 Å². The summed E-state index contributed by atoms with van der Waals surface area (Å²) >= 11 is 0. The predicted octanol–water partition coefficient (Wildman–Crippen LogP) is 11.4. The van der Waals surface area contributed by atoms with Crippen molar-refractivity contribution in [2.45, 2.75) is 66.7 Å². The van der Waals surface area contributed by atoms with Crippen LogP contribution in [0.25, 0.3) is 44.4 Å². The van der Waals surface area contributed by atoms with E-state index in [-0.39, 0.29) is 21.1 Å². The Morgan fingerprint density at radius 3 is 2.45 bits per heavy atom. The normalized spacial score (nSPS) is 12.6. The summed E-state index contributed by atoms with van der Waals surface area (Å²) in [6, 6.07) is 37.9. The molecule has 7 rings (SSSR count). The number of nitrogens with zero attached hydrogens (tertiary/aromatic N) is 4. The van der Waals surface area contributed by atoms with E-state index in [1.807, 2.05) is 54.1 Å². The van der Waals surface area contributed by atoms with Crippen molar-refractivity contribution in [1.82, 2.24) is 19.3 Å². The molecule has 0 aliphatic heterocycles. The van der Waals surface area contributed by atoms with Crippen LogP contribution in [0, 0.1) is 31.4 Å². The SMILES string of the molecule is [2H]c1ccnc(-n2c3[c-]c(Oc4[c-]c(-n5nc(C)c(-c6ccccc6)c5C)ccc4)ccc3c3cc(C(C)CCCC(C)(C)C)ccc32)c1.[Pt+2]. The van der Waals surface area contributed by atoms with Gasteiger partial charge in [-0.25, -0.2) is 4.98 Å². The van der Waals surface area contributed by atoms with E-state index in [1.165, 1.54) is 18.4 Å². The van der Waals surface area contributed by atoms with Crippen LogP contribution < -0.4 is 4.74 Å². The second-order valence-corrected chi connectivity index (χ2v) is 14.0. The molecule has 49 heavy (non-hydrogen) atoms. The molecule has 3 aromatic heterocycles. The van der Waals surface area contributed by atoms with Gasteiger partial charge in [-0.2, -0.15) is 17.2 Å². The van der Waals surface area contributed by atoms with E-state index in [1.54, 1.807) is 18.3 Å². The van der Waals surface area contributed by atoms with Crippen molar-refractivity contribution in [3.8, 4) is 34.1 Å². The van der Waals surface area contributed by atoms with E-state index in [4.69, 9.17) is 11.2 Å². The van der Waals surface area contributed by atoms with E-state index in [9.17, 15) is 0 Å². The molecule has 7 aromatic rings. The van der Waals surface area contributed by atoms with E-state index in [0.29, 0.717) is 34.7 Å². The Balaban J connectivity index is 0.00000432. The van der Waals surface area contributed by atoms with Crippen LogP contribution in [0.5, 0.6) is 11.5 Å². The summed E-state index contributed by atoms with van der Waals surface area (Å²) in [6.45, 7) is 13.4. The average molecular weight is 827 g/mol. The van der Waals surface area contributed by atoms with Crippen molar-refractivity contribution in [2.75, 3.05) is 0 Å². The molecule has 5 nitrogen and oxygen atoms in total. The second kappa shape index (κ2) is 14.2. The molecule has 3 heterocycles. The molecule has 0 radical (unpaired) electrons. The molecule has 0 aliphatic carbocycles. The minimum atomic E-state index is 0. The van der Waals surface area contributed by atoms with Gasteiger partial charge in [0.25, 0.3) is 0 Å². The number of hydrogen-bond donors (Lipinski definition) is 0. The van der Waals surface area contributed by atoms with Crippen LogP contribution >= 0.6 is 0 Å². The number of hydrogen-bond acceptors (Lipinski definition) is 3. The summed E-state index contributed by atoms with van der Waals surface area (Å²) in [5.74, 6) is 2.27. The number of aryl methyl sites for hydroxylation is 1. The summed E-state index contributed by atoms with van der Waals surface area (Å²) in [6.07, 6.45) is 5.24. The first-order chi connectivity index (χ1) is 23.6. The number of ether oxygens (including phenoxy) is 1. The summed E-state index contributed by atoms with van der Waals surface area (Å²) in [5.41, 5.74) is 8.62. The molecular formula is C43H42N4OPt. The van der Waals surface area contributed by atoms with Crippen molar-refractivity contribution in [2.24, 2.45) is 5.41 Å². The number of fused-ring (bicyclic) bond motifs is 3. The van der Waals surface area contributed by atoms with Crippen molar-refractivity contribution in [1.29, 1.82) is 0 Å². The average Bonchev–Trinajstić information content (AvgIpc) is 3.56. The number of benzene rings is 4. The van der Waals surface area contributed by atoms with Gasteiger partial charge in [-0.05, 0) is 78.4 Å². The summed E-state index contributed by atoms with van der Waals surface area (Å²) in [5, 5.41) is 7.07. The Hall–Kier alpha value is -4.47.